The van der Waals surface area contributed by atoms with Gasteiger partial charge in [-0.15, -0.1) is 0 Å². The molecular weight excluding hydrogens is 368 g/mol. The molecule has 1 fully saturated rings. The number of carbonyl (C=O) groups is 3. The fraction of sp³-hybridized carbons (Fsp3) is 0.364. The zero-order valence-corrected chi connectivity index (χ0v) is 17.1. The van der Waals surface area contributed by atoms with Crippen LogP contribution in [0.3, 0.4) is 0 Å². The zero-order chi connectivity index (χ0) is 21.3. The maximum absolute atomic E-state index is 13.0. The predicted molar refractivity (Wildman–Crippen MR) is 107 cm³/mol. The number of hydrogen-bond acceptors (Lipinski definition) is 4. The van der Waals surface area contributed by atoms with Crippen LogP contribution in [0.5, 0.6) is 0 Å². The average Bonchev–Trinajstić information content (AvgIpc) is 3.11. The fourth-order valence-electron chi connectivity index (χ4n) is 3.79. The van der Waals surface area contributed by atoms with E-state index in [1.54, 1.807) is 31.2 Å². The Morgan fingerprint density at radius 1 is 1.21 bits per heavy atom. The van der Waals surface area contributed by atoms with Gasteiger partial charge in [0, 0.05) is 23.5 Å². The van der Waals surface area contributed by atoms with E-state index in [0.29, 0.717) is 16.7 Å². The van der Waals surface area contributed by atoms with Crippen molar-refractivity contribution < 1.29 is 14.4 Å². The molecule has 0 saturated carbocycles. The van der Waals surface area contributed by atoms with Crippen LogP contribution in [-0.2, 0) is 16.9 Å². The van der Waals surface area contributed by atoms with Crippen LogP contribution in [0.25, 0.3) is 0 Å². The molecule has 1 aliphatic heterocycles. The van der Waals surface area contributed by atoms with Crippen molar-refractivity contribution in [2.24, 2.45) is 0 Å². The highest BCUT2D eigenvalue weighted by atomic mass is 16.2. The lowest BCUT2D eigenvalue weighted by molar-refractivity contribution is -0.130. The van der Waals surface area contributed by atoms with Gasteiger partial charge in [-0.3, -0.25) is 14.5 Å². The highest BCUT2D eigenvalue weighted by Gasteiger charge is 2.49. The molecule has 1 unspecified atom stereocenters. The van der Waals surface area contributed by atoms with Crippen molar-refractivity contribution >= 4 is 17.7 Å². The summed E-state index contributed by atoms with van der Waals surface area (Å²) in [6.07, 6.45) is 0.944. The number of carbonyl (C=O) groups excluding carboxylic acids is 3. The number of aromatic nitrogens is 1. The molecule has 2 heterocycles. The first-order valence-electron chi connectivity index (χ1n) is 9.57. The molecule has 1 N–H and O–H groups in total. The van der Waals surface area contributed by atoms with E-state index in [2.05, 4.69) is 16.8 Å². The largest absolute Gasteiger partial charge is 0.348 e. The summed E-state index contributed by atoms with van der Waals surface area (Å²) < 4.78 is 2.07. The van der Waals surface area contributed by atoms with E-state index in [4.69, 9.17) is 5.26 Å². The lowest BCUT2D eigenvalue weighted by atomic mass is 9.91. The summed E-state index contributed by atoms with van der Waals surface area (Å²) in [7, 11) is 0. The van der Waals surface area contributed by atoms with E-state index in [9.17, 15) is 14.4 Å². The Morgan fingerprint density at radius 3 is 2.45 bits per heavy atom. The summed E-state index contributed by atoms with van der Waals surface area (Å²) in [5, 5.41) is 11.6. The summed E-state index contributed by atoms with van der Waals surface area (Å²) >= 11 is 0. The van der Waals surface area contributed by atoms with E-state index in [1.807, 2.05) is 26.0 Å². The van der Waals surface area contributed by atoms with Crippen molar-refractivity contribution in [2.75, 3.05) is 6.54 Å². The first-order valence-corrected chi connectivity index (χ1v) is 9.57. The second-order valence-electron chi connectivity index (χ2n) is 7.50. The SMILES string of the molecule is CCCn1c(C)cc(C(=O)CN2C(=O)NC(C)(c3ccc(C#N)cc3)C2=O)c1C. The van der Waals surface area contributed by atoms with E-state index in [-0.39, 0.29) is 12.3 Å². The monoisotopic (exact) mass is 392 g/mol. The van der Waals surface area contributed by atoms with Crippen molar-refractivity contribution in [3.05, 3.63) is 58.4 Å². The molecule has 0 aliphatic carbocycles. The van der Waals surface area contributed by atoms with E-state index in [0.717, 1.165) is 29.3 Å². The summed E-state index contributed by atoms with van der Waals surface area (Å²) in [5.74, 6) is -0.754. The van der Waals surface area contributed by atoms with Crippen LogP contribution in [0.2, 0.25) is 0 Å². The lowest BCUT2D eigenvalue weighted by Gasteiger charge is -2.22. The summed E-state index contributed by atoms with van der Waals surface area (Å²) in [4.78, 5) is 39.4. The van der Waals surface area contributed by atoms with E-state index in [1.165, 1.54) is 0 Å². The summed E-state index contributed by atoms with van der Waals surface area (Å²) in [5.41, 5.74) is 2.10. The van der Waals surface area contributed by atoms with Crippen LogP contribution in [0.4, 0.5) is 4.79 Å². The molecular formula is C22H24N4O3. The number of nitrogens with one attached hydrogen (secondary N) is 1. The Bertz CT molecular complexity index is 1030. The van der Waals surface area contributed by atoms with Crippen LogP contribution < -0.4 is 5.32 Å². The molecule has 0 spiro atoms. The Hall–Kier alpha value is -3.40. The lowest BCUT2D eigenvalue weighted by Crippen LogP contribution is -2.41. The number of Topliss-reactive ketones (excluding diaryl/α,β-unsaturated/α-hetero) is 1. The molecule has 1 aromatic heterocycles. The van der Waals surface area contributed by atoms with Gasteiger partial charge in [0.2, 0.25) is 0 Å². The van der Waals surface area contributed by atoms with Gasteiger partial charge in [-0.25, -0.2) is 4.79 Å². The quantitative estimate of drug-likeness (QED) is 0.604. The van der Waals surface area contributed by atoms with Gasteiger partial charge in [0.25, 0.3) is 5.91 Å². The number of rotatable bonds is 6. The Kier molecular flexibility index (Phi) is 5.29. The number of ketones is 1. The highest BCUT2D eigenvalue weighted by Crippen LogP contribution is 2.29. The number of benzene rings is 1. The van der Waals surface area contributed by atoms with Gasteiger partial charge in [0.1, 0.15) is 5.54 Å². The third kappa shape index (κ3) is 3.42. The molecule has 3 amide bonds. The van der Waals surface area contributed by atoms with Gasteiger partial charge < -0.3 is 9.88 Å². The summed E-state index contributed by atoms with van der Waals surface area (Å²) in [6, 6.07) is 9.70. The molecule has 1 aromatic carbocycles. The van der Waals surface area contributed by atoms with Gasteiger partial charge in [-0.2, -0.15) is 5.26 Å². The Labute approximate surface area is 169 Å². The van der Waals surface area contributed by atoms with E-state index >= 15 is 0 Å². The Balaban J connectivity index is 1.84. The predicted octanol–water partition coefficient (Wildman–Crippen LogP) is 3.04. The minimum atomic E-state index is -1.27. The molecule has 7 heteroatoms. The highest BCUT2D eigenvalue weighted by molar-refractivity contribution is 6.11. The van der Waals surface area contributed by atoms with Crippen molar-refractivity contribution in [3.63, 3.8) is 0 Å². The number of nitriles is 1. The molecule has 0 radical (unpaired) electrons. The first-order chi connectivity index (χ1) is 13.7. The maximum Gasteiger partial charge on any atom is 0.325 e. The number of imide groups is 1. The number of amides is 3. The first kappa shape index (κ1) is 20.3. The number of hydrogen-bond donors (Lipinski definition) is 1. The third-order valence-corrected chi connectivity index (χ3v) is 5.49. The van der Waals surface area contributed by atoms with Crippen LogP contribution >= 0.6 is 0 Å². The van der Waals surface area contributed by atoms with Crippen LogP contribution in [0.1, 0.15) is 53.1 Å². The van der Waals surface area contributed by atoms with Crippen molar-refractivity contribution in [1.29, 1.82) is 5.26 Å². The normalized spacial score (nSPS) is 18.7. The van der Waals surface area contributed by atoms with Gasteiger partial charge in [-0.05, 0) is 51.0 Å². The second-order valence-corrected chi connectivity index (χ2v) is 7.50. The summed E-state index contributed by atoms with van der Waals surface area (Å²) in [6.45, 7) is 7.99. The van der Waals surface area contributed by atoms with Gasteiger partial charge in [0.15, 0.2) is 5.78 Å². The zero-order valence-electron chi connectivity index (χ0n) is 17.1. The molecule has 0 bridgehead atoms. The van der Waals surface area contributed by atoms with Crippen LogP contribution in [0.15, 0.2) is 30.3 Å². The molecule has 1 aliphatic rings. The number of urea groups is 1. The second kappa shape index (κ2) is 7.55. The van der Waals surface area contributed by atoms with Crippen molar-refractivity contribution in [3.8, 4) is 6.07 Å². The smallest absolute Gasteiger partial charge is 0.325 e. The number of aryl methyl sites for hydroxylation is 1. The van der Waals surface area contributed by atoms with E-state index < -0.39 is 17.5 Å². The molecule has 2 aromatic rings. The molecule has 7 nitrogen and oxygen atoms in total. The molecule has 150 valence electrons. The molecule has 1 saturated heterocycles. The van der Waals surface area contributed by atoms with Crippen LogP contribution in [-0.4, -0.2) is 33.7 Å². The minimum absolute atomic E-state index is 0.270. The number of nitrogens with zero attached hydrogens (tertiary/aromatic N) is 3. The molecule has 1 atom stereocenters. The molecule has 29 heavy (non-hydrogen) atoms. The third-order valence-electron chi connectivity index (χ3n) is 5.49. The molecule has 3 rings (SSSR count). The minimum Gasteiger partial charge on any atom is -0.348 e. The van der Waals surface area contributed by atoms with Crippen LogP contribution in [0, 0.1) is 25.2 Å². The van der Waals surface area contributed by atoms with Gasteiger partial charge in [-0.1, -0.05) is 19.1 Å². The average molecular weight is 392 g/mol. The fourth-order valence-corrected chi connectivity index (χ4v) is 3.79. The van der Waals surface area contributed by atoms with Gasteiger partial charge in [0.05, 0.1) is 18.2 Å². The van der Waals surface area contributed by atoms with Gasteiger partial charge >= 0.3 is 6.03 Å². The topological polar surface area (TPSA) is 95.2 Å². The van der Waals surface area contributed by atoms with Crippen molar-refractivity contribution in [2.45, 2.75) is 46.2 Å². The Morgan fingerprint density at radius 2 is 1.86 bits per heavy atom. The maximum atomic E-state index is 13.0. The standard InChI is InChI=1S/C22H24N4O3/c1-5-10-25-14(2)11-18(15(25)3)19(27)13-26-20(28)22(4,24-21(26)29)17-8-6-16(12-23)7-9-17/h6-9,11H,5,10,13H2,1-4H3,(H,24,29). The van der Waals surface area contributed by atoms with Crippen molar-refractivity contribution in [1.82, 2.24) is 14.8 Å².